The largest absolute Gasteiger partial charge is 0.489 e. The highest BCUT2D eigenvalue weighted by Crippen LogP contribution is 2.37. The molecule has 21 heavy (non-hydrogen) atoms. The Hall–Kier alpha value is -1.46. The average Bonchev–Trinajstić information content (AvgIpc) is 2.91. The molecule has 0 spiro atoms. The summed E-state index contributed by atoms with van der Waals surface area (Å²) in [5, 5.41) is 3.38. The molecule has 1 atom stereocenters. The zero-order chi connectivity index (χ0) is 14.7. The van der Waals surface area contributed by atoms with Crippen LogP contribution in [0, 0.1) is 0 Å². The number of ether oxygens (including phenoxy) is 3. The van der Waals surface area contributed by atoms with Crippen LogP contribution < -0.4 is 14.8 Å². The van der Waals surface area contributed by atoms with Crippen LogP contribution in [-0.4, -0.2) is 31.8 Å². The topological polar surface area (TPSA) is 56.8 Å². The Morgan fingerprint density at radius 2 is 2.10 bits per heavy atom. The highest BCUT2D eigenvalue weighted by atomic mass is 35.5. The van der Waals surface area contributed by atoms with Crippen LogP contribution in [0.5, 0.6) is 11.5 Å². The Balaban J connectivity index is 1.66. The van der Waals surface area contributed by atoms with E-state index in [1.807, 2.05) is 6.07 Å². The lowest BCUT2D eigenvalue weighted by molar-refractivity contribution is -0.130. The molecule has 114 valence electrons. The molecule has 6 heteroatoms. The normalized spacial score (nSPS) is 20.9. The van der Waals surface area contributed by atoms with Crippen LogP contribution in [0.25, 0.3) is 0 Å². The van der Waals surface area contributed by atoms with E-state index in [1.165, 1.54) is 0 Å². The Labute approximate surface area is 128 Å². The minimum absolute atomic E-state index is 0.0734. The molecule has 2 aliphatic rings. The van der Waals surface area contributed by atoms with E-state index < -0.39 is 0 Å². The van der Waals surface area contributed by atoms with E-state index in [-0.39, 0.29) is 12.0 Å². The van der Waals surface area contributed by atoms with Gasteiger partial charge in [0.25, 0.3) is 0 Å². The summed E-state index contributed by atoms with van der Waals surface area (Å²) in [5.74, 6) is 1.15. The maximum Gasteiger partial charge on any atom is 0.249 e. The third-order valence-corrected chi connectivity index (χ3v) is 3.83. The van der Waals surface area contributed by atoms with Crippen molar-refractivity contribution in [1.82, 2.24) is 5.32 Å². The second-order valence-electron chi connectivity index (χ2n) is 5.17. The molecule has 1 aromatic rings. The van der Waals surface area contributed by atoms with Gasteiger partial charge in [-0.15, -0.1) is 0 Å². The molecule has 2 aliphatic heterocycles. The maximum absolute atomic E-state index is 11.9. The molecule has 1 amide bonds. The molecule has 1 saturated heterocycles. The van der Waals surface area contributed by atoms with Gasteiger partial charge < -0.3 is 19.5 Å². The number of benzene rings is 1. The third kappa shape index (κ3) is 3.41. The Morgan fingerprint density at radius 3 is 2.90 bits per heavy atom. The summed E-state index contributed by atoms with van der Waals surface area (Å²) in [4.78, 5) is 11.9. The van der Waals surface area contributed by atoms with Crippen LogP contribution in [0.4, 0.5) is 0 Å². The molecule has 2 heterocycles. The summed E-state index contributed by atoms with van der Waals surface area (Å²) < 4.78 is 16.6. The zero-order valence-electron chi connectivity index (χ0n) is 11.7. The van der Waals surface area contributed by atoms with Crippen LogP contribution in [0.3, 0.4) is 0 Å². The molecule has 0 radical (unpaired) electrons. The number of fused-ring (bicyclic) bond motifs is 1. The van der Waals surface area contributed by atoms with Crippen LogP contribution in [0.2, 0.25) is 5.02 Å². The van der Waals surface area contributed by atoms with Crippen molar-refractivity contribution in [2.45, 2.75) is 31.9 Å². The highest BCUT2D eigenvalue weighted by Gasteiger charge is 2.23. The molecule has 1 aromatic carbocycles. The predicted molar refractivity (Wildman–Crippen MR) is 77.9 cm³/mol. The molecule has 5 nitrogen and oxygen atoms in total. The fourth-order valence-electron chi connectivity index (χ4n) is 2.47. The predicted octanol–water partition coefficient (Wildman–Crippen LogP) is 2.30. The fraction of sp³-hybridized carbons (Fsp3) is 0.533. The highest BCUT2D eigenvalue weighted by molar-refractivity contribution is 6.32. The van der Waals surface area contributed by atoms with Crippen molar-refractivity contribution in [3.63, 3.8) is 0 Å². The number of hydrogen-bond acceptors (Lipinski definition) is 4. The summed E-state index contributed by atoms with van der Waals surface area (Å²) in [6.07, 6.45) is 2.23. The minimum atomic E-state index is -0.319. The molecular weight excluding hydrogens is 294 g/mol. The summed E-state index contributed by atoms with van der Waals surface area (Å²) >= 11 is 6.22. The van der Waals surface area contributed by atoms with Gasteiger partial charge in [-0.3, -0.25) is 4.79 Å². The average molecular weight is 312 g/mol. The van der Waals surface area contributed by atoms with Crippen molar-refractivity contribution in [2.24, 2.45) is 0 Å². The number of halogens is 1. The van der Waals surface area contributed by atoms with Crippen molar-refractivity contribution in [2.75, 3.05) is 19.8 Å². The number of amides is 1. The molecule has 1 N–H and O–H groups in total. The van der Waals surface area contributed by atoms with E-state index >= 15 is 0 Å². The SMILES string of the molecule is O=C(NCc1cc(Cl)c2c(c1)OCCCO2)C1CCCO1. The minimum Gasteiger partial charge on any atom is -0.489 e. The van der Waals surface area contributed by atoms with Crippen molar-refractivity contribution >= 4 is 17.5 Å². The summed E-state index contributed by atoms with van der Waals surface area (Å²) in [6.45, 7) is 2.26. The summed E-state index contributed by atoms with van der Waals surface area (Å²) in [5.41, 5.74) is 0.885. The number of nitrogens with one attached hydrogen (secondary N) is 1. The van der Waals surface area contributed by atoms with Crippen LogP contribution in [-0.2, 0) is 16.1 Å². The lowest BCUT2D eigenvalue weighted by atomic mass is 10.2. The first-order valence-corrected chi connectivity index (χ1v) is 7.59. The monoisotopic (exact) mass is 311 g/mol. The lowest BCUT2D eigenvalue weighted by Crippen LogP contribution is -2.33. The molecule has 3 rings (SSSR count). The van der Waals surface area contributed by atoms with Crippen LogP contribution in [0.15, 0.2) is 12.1 Å². The third-order valence-electron chi connectivity index (χ3n) is 3.55. The van der Waals surface area contributed by atoms with Crippen molar-refractivity contribution < 1.29 is 19.0 Å². The number of carbonyl (C=O) groups is 1. The first kappa shape index (κ1) is 14.5. The first-order valence-electron chi connectivity index (χ1n) is 7.21. The van der Waals surface area contributed by atoms with Gasteiger partial charge in [0.2, 0.25) is 5.91 Å². The summed E-state index contributed by atoms with van der Waals surface area (Å²) in [7, 11) is 0. The molecule has 1 unspecified atom stereocenters. The number of carbonyl (C=O) groups excluding carboxylic acids is 1. The molecule has 0 saturated carbocycles. The van der Waals surface area contributed by atoms with Crippen molar-refractivity contribution in [3.8, 4) is 11.5 Å². The zero-order valence-corrected chi connectivity index (χ0v) is 12.4. The first-order chi connectivity index (χ1) is 10.2. The molecule has 0 aliphatic carbocycles. The van der Waals surface area contributed by atoms with E-state index in [1.54, 1.807) is 6.07 Å². The van der Waals surface area contributed by atoms with E-state index in [0.717, 1.165) is 24.8 Å². The number of rotatable bonds is 3. The van der Waals surface area contributed by atoms with Crippen LogP contribution in [0.1, 0.15) is 24.8 Å². The lowest BCUT2D eigenvalue weighted by Gasteiger charge is -2.13. The van der Waals surface area contributed by atoms with Gasteiger partial charge in [-0.05, 0) is 30.5 Å². The smallest absolute Gasteiger partial charge is 0.249 e. The van der Waals surface area contributed by atoms with Gasteiger partial charge in [0.1, 0.15) is 6.10 Å². The standard InChI is InChI=1S/C15H18ClNO4/c16-11-7-10(8-13-14(11)21-6-2-5-20-13)9-17-15(18)12-3-1-4-19-12/h7-8,12H,1-6,9H2,(H,17,18). The van der Waals surface area contributed by atoms with E-state index in [4.69, 9.17) is 25.8 Å². The molecule has 0 aromatic heterocycles. The van der Waals surface area contributed by atoms with Gasteiger partial charge in [-0.25, -0.2) is 0 Å². The molecular formula is C15H18ClNO4. The fourth-order valence-corrected chi connectivity index (χ4v) is 2.76. The second kappa shape index (κ2) is 6.54. The number of hydrogen-bond donors (Lipinski definition) is 1. The van der Waals surface area contributed by atoms with Gasteiger partial charge in [0.15, 0.2) is 11.5 Å². The summed E-state index contributed by atoms with van der Waals surface area (Å²) in [6, 6.07) is 3.66. The second-order valence-corrected chi connectivity index (χ2v) is 5.58. The Morgan fingerprint density at radius 1 is 1.24 bits per heavy atom. The Bertz CT molecular complexity index is 529. The van der Waals surface area contributed by atoms with E-state index in [9.17, 15) is 4.79 Å². The molecule has 0 bridgehead atoms. The van der Waals surface area contributed by atoms with Gasteiger partial charge in [-0.1, -0.05) is 11.6 Å². The van der Waals surface area contributed by atoms with E-state index in [2.05, 4.69) is 5.32 Å². The quantitative estimate of drug-likeness (QED) is 0.930. The van der Waals surface area contributed by atoms with Crippen molar-refractivity contribution in [1.29, 1.82) is 0 Å². The van der Waals surface area contributed by atoms with E-state index in [0.29, 0.717) is 42.9 Å². The van der Waals surface area contributed by atoms with Crippen LogP contribution >= 0.6 is 11.6 Å². The van der Waals surface area contributed by atoms with Crippen molar-refractivity contribution in [3.05, 3.63) is 22.7 Å². The van der Waals surface area contributed by atoms with Gasteiger partial charge in [-0.2, -0.15) is 0 Å². The van der Waals surface area contributed by atoms with Gasteiger partial charge in [0.05, 0.1) is 18.2 Å². The maximum atomic E-state index is 11.9. The molecule has 1 fully saturated rings. The van der Waals surface area contributed by atoms with Gasteiger partial charge in [0, 0.05) is 19.6 Å². The van der Waals surface area contributed by atoms with Gasteiger partial charge >= 0.3 is 0 Å². The Kier molecular flexibility index (Phi) is 4.51.